The van der Waals surface area contributed by atoms with Crippen LogP contribution in [0.15, 0.2) is 47.4 Å². The summed E-state index contributed by atoms with van der Waals surface area (Å²) in [6.45, 7) is 7.66. The van der Waals surface area contributed by atoms with Crippen LogP contribution in [0.3, 0.4) is 0 Å². The van der Waals surface area contributed by atoms with E-state index in [1.165, 1.54) is 11.3 Å². The lowest BCUT2D eigenvalue weighted by atomic mass is 10.3. The topological polar surface area (TPSA) is 54.9 Å². The van der Waals surface area contributed by atoms with Crippen molar-refractivity contribution in [3.05, 3.63) is 42.5 Å². The average Bonchev–Trinajstić information content (AvgIpc) is 3.25. The fourth-order valence-electron chi connectivity index (χ4n) is 3.31. The van der Waals surface area contributed by atoms with E-state index in [0.717, 1.165) is 51.4 Å². The van der Waals surface area contributed by atoms with Gasteiger partial charge in [-0.3, -0.25) is 9.69 Å². The van der Waals surface area contributed by atoms with Crippen molar-refractivity contribution in [2.24, 2.45) is 0 Å². The van der Waals surface area contributed by atoms with Crippen LogP contribution in [0, 0.1) is 0 Å². The number of rotatable bonds is 12. The molecule has 6 nitrogen and oxygen atoms in total. The van der Waals surface area contributed by atoms with Crippen molar-refractivity contribution >= 4 is 56.8 Å². The fourth-order valence-corrected chi connectivity index (χ4v) is 5.18. The van der Waals surface area contributed by atoms with Crippen molar-refractivity contribution in [3.8, 4) is 11.5 Å². The van der Waals surface area contributed by atoms with Gasteiger partial charge in [-0.05, 0) is 55.6 Å². The predicted molar refractivity (Wildman–Crippen MR) is 142 cm³/mol. The Morgan fingerprint density at radius 1 is 1.00 bits per heavy atom. The second kappa shape index (κ2) is 13.6. The number of carbonyl (C=O) groups excluding carboxylic acids is 1. The van der Waals surface area contributed by atoms with Gasteiger partial charge in [-0.15, -0.1) is 24.2 Å². The zero-order chi connectivity index (χ0) is 22.9. The van der Waals surface area contributed by atoms with Crippen LogP contribution < -0.4 is 14.4 Å². The van der Waals surface area contributed by atoms with Crippen LogP contribution in [0.4, 0.5) is 5.13 Å². The highest BCUT2D eigenvalue weighted by molar-refractivity contribution is 7.99. The standard InChI is InChI=1S/C24H31N3O3S2.ClH/c1-5-26(6-2)14-15-27(24-25-21-12-9-19(30-4)17-22(21)32-24)23(28)13-16-31-20-10-7-18(29-3)8-11-20;/h7-12,17H,5-6,13-16H2,1-4H3;1H. The van der Waals surface area contributed by atoms with Crippen LogP contribution in [-0.4, -0.2) is 61.9 Å². The second-order valence-electron chi connectivity index (χ2n) is 7.18. The number of aromatic nitrogens is 1. The highest BCUT2D eigenvalue weighted by atomic mass is 35.5. The molecular weight excluding hydrogens is 478 g/mol. The van der Waals surface area contributed by atoms with Gasteiger partial charge in [0.05, 0.1) is 24.4 Å². The van der Waals surface area contributed by atoms with Crippen LogP contribution in [0.2, 0.25) is 0 Å². The van der Waals surface area contributed by atoms with E-state index >= 15 is 0 Å². The monoisotopic (exact) mass is 509 g/mol. The molecule has 1 aromatic heterocycles. The molecule has 0 aliphatic carbocycles. The molecule has 3 rings (SSSR count). The van der Waals surface area contributed by atoms with Gasteiger partial charge in [-0.2, -0.15) is 0 Å². The first-order chi connectivity index (χ1) is 15.6. The number of methoxy groups -OCH3 is 2. The summed E-state index contributed by atoms with van der Waals surface area (Å²) < 4.78 is 11.6. The molecular formula is C24H32ClN3O3S2. The SMILES string of the molecule is CCN(CC)CCN(C(=O)CCSc1ccc(OC)cc1)c1nc2ccc(OC)cc2s1.Cl. The lowest BCUT2D eigenvalue weighted by Crippen LogP contribution is -2.39. The highest BCUT2D eigenvalue weighted by Crippen LogP contribution is 2.32. The van der Waals surface area contributed by atoms with Gasteiger partial charge in [-0.1, -0.05) is 25.2 Å². The highest BCUT2D eigenvalue weighted by Gasteiger charge is 2.20. The smallest absolute Gasteiger partial charge is 0.229 e. The number of amides is 1. The van der Waals surface area contributed by atoms with Crippen LogP contribution in [0.5, 0.6) is 11.5 Å². The van der Waals surface area contributed by atoms with E-state index in [0.29, 0.717) is 18.7 Å². The van der Waals surface area contributed by atoms with Gasteiger partial charge in [-0.25, -0.2) is 4.98 Å². The third kappa shape index (κ3) is 7.50. The first-order valence-electron chi connectivity index (χ1n) is 10.8. The maximum Gasteiger partial charge on any atom is 0.229 e. The lowest BCUT2D eigenvalue weighted by Gasteiger charge is -2.24. The van der Waals surface area contributed by atoms with Gasteiger partial charge < -0.3 is 14.4 Å². The molecule has 0 N–H and O–H groups in total. The van der Waals surface area contributed by atoms with Gasteiger partial charge in [0.2, 0.25) is 5.91 Å². The first-order valence-corrected chi connectivity index (χ1v) is 12.6. The van der Waals surface area contributed by atoms with Gasteiger partial charge in [0.15, 0.2) is 5.13 Å². The van der Waals surface area contributed by atoms with Crippen molar-refractivity contribution in [3.63, 3.8) is 0 Å². The molecule has 0 spiro atoms. The number of ether oxygens (including phenoxy) is 2. The zero-order valence-corrected chi connectivity index (χ0v) is 22.0. The van der Waals surface area contributed by atoms with Gasteiger partial charge >= 0.3 is 0 Å². The molecule has 1 heterocycles. The molecule has 0 bridgehead atoms. The first kappa shape index (κ1) is 27.2. The van der Waals surface area contributed by atoms with Crippen molar-refractivity contribution in [2.45, 2.75) is 25.2 Å². The van der Waals surface area contributed by atoms with Gasteiger partial charge in [0.1, 0.15) is 11.5 Å². The number of thiazole rings is 1. The molecule has 0 unspecified atom stereocenters. The molecule has 0 aliphatic rings. The molecule has 0 saturated carbocycles. The molecule has 3 aromatic rings. The quantitative estimate of drug-likeness (QED) is 0.296. The molecule has 0 fully saturated rings. The number of likely N-dealkylation sites (N-methyl/N-ethyl adjacent to an activating group) is 1. The van der Waals surface area contributed by atoms with E-state index in [9.17, 15) is 4.79 Å². The van der Waals surface area contributed by atoms with Crippen LogP contribution in [0.1, 0.15) is 20.3 Å². The minimum atomic E-state index is 0. The second-order valence-corrected chi connectivity index (χ2v) is 9.35. The number of thioether (sulfide) groups is 1. The van der Waals surface area contributed by atoms with E-state index in [2.05, 4.69) is 18.7 Å². The molecule has 0 saturated heterocycles. The molecule has 2 aromatic carbocycles. The van der Waals surface area contributed by atoms with E-state index in [1.54, 1.807) is 26.0 Å². The Balaban J connectivity index is 0.00000385. The third-order valence-electron chi connectivity index (χ3n) is 5.29. The molecule has 9 heteroatoms. The number of nitrogens with zero attached hydrogens (tertiary/aromatic N) is 3. The zero-order valence-electron chi connectivity index (χ0n) is 19.6. The van der Waals surface area contributed by atoms with Crippen LogP contribution >= 0.6 is 35.5 Å². The Morgan fingerprint density at radius 2 is 1.67 bits per heavy atom. The van der Waals surface area contributed by atoms with Crippen molar-refractivity contribution in [1.29, 1.82) is 0 Å². The predicted octanol–water partition coefficient (Wildman–Crippen LogP) is 5.59. The summed E-state index contributed by atoms with van der Waals surface area (Å²) in [5.41, 5.74) is 0.888. The number of hydrogen-bond donors (Lipinski definition) is 0. The summed E-state index contributed by atoms with van der Waals surface area (Å²) in [7, 11) is 3.31. The summed E-state index contributed by atoms with van der Waals surface area (Å²) in [6, 6.07) is 13.7. The maximum atomic E-state index is 13.2. The molecule has 0 radical (unpaired) electrons. The van der Waals surface area contributed by atoms with Crippen LogP contribution in [0.25, 0.3) is 10.2 Å². The number of hydrogen-bond acceptors (Lipinski definition) is 7. The number of anilines is 1. The molecule has 0 atom stereocenters. The Bertz CT molecular complexity index is 1010. The summed E-state index contributed by atoms with van der Waals surface area (Å²) in [5, 5.41) is 0.750. The minimum absolute atomic E-state index is 0. The average molecular weight is 510 g/mol. The van der Waals surface area contributed by atoms with Crippen molar-refractivity contribution < 1.29 is 14.3 Å². The Morgan fingerprint density at radius 3 is 2.30 bits per heavy atom. The maximum absolute atomic E-state index is 13.2. The van der Waals surface area contributed by atoms with Crippen LogP contribution in [-0.2, 0) is 4.79 Å². The molecule has 0 aliphatic heterocycles. The Hall–Kier alpha value is -2.00. The summed E-state index contributed by atoms with van der Waals surface area (Å²) in [6.07, 6.45) is 0.453. The Labute approximate surface area is 210 Å². The van der Waals surface area contributed by atoms with Gasteiger partial charge in [0, 0.05) is 30.2 Å². The largest absolute Gasteiger partial charge is 0.497 e. The fraction of sp³-hybridized carbons (Fsp3) is 0.417. The van der Waals surface area contributed by atoms with Gasteiger partial charge in [0.25, 0.3) is 0 Å². The number of benzene rings is 2. The number of fused-ring (bicyclic) bond motifs is 1. The number of carbonyl (C=O) groups is 1. The van der Waals surface area contributed by atoms with E-state index < -0.39 is 0 Å². The third-order valence-corrected chi connectivity index (χ3v) is 7.35. The van der Waals surface area contributed by atoms with Crippen molar-refractivity contribution in [2.75, 3.05) is 51.1 Å². The van der Waals surface area contributed by atoms with E-state index in [-0.39, 0.29) is 18.3 Å². The van der Waals surface area contributed by atoms with E-state index in [4.69, 9.17) is 14.5 Å². The molecule has 180 valence electrons. The van der Waals surface area contributed by atoms with Crippen molar-refractivity contribution in [1.82, 2.24) is 9.88 Å². The normalized spacial score (nSPS) is 10.8. The Kier molecular flexibility index (Phi) is 11.3. The summed E-state index contributed by atoms with van der Waals surface area (Å²) >= 11 is 3.22. The van der Waals surface area contributed by atoms with E-state index in [1.807, 2.05) is 47.4 Å². The summed E-state index contributed by atoms with van der Waals surface area (Å²) in [5.74, 6) is 2.44. The lowest BCUT2D eigenvalue weighted by molar-refractivity contribution is -0.118. The molecule has 33 heavy (non-hydrogen) atoms. The molecule has 1 amide bonds. The minimum Gasteiger partial charge on any atom is -0.497 e. The number of halogens is 1. The summed E-state index contributed by atoms with van der Waals surface area (Å²) in [4.78, 5) is 23.3.